The van der Waals surface area contributed by atoms with E-state index in [2.05, 4.69) is 21.2 Å². The van der Waals surface area contributed by atoms with Gasteiger partial charge in [-0.15, -0.1) is 0 Å². The lowest BCUT2D eigenvalue weighted by atomic mass is 10.0. The molecule has 24 heavy (non-hydrogen) atoms. The molecule has 1 aromatic carbocycles. The number of nitrogens with one attached hydrogen (secondary N) is 1. The van der Waals surface area contributed by atoms with Gasteiger partial charge in [-0.1, -0.05) is 17.7 Å². The third-order valence-corrected chi connectivity index (χ3v) is 4.64. The van der Waals surface area contributed by atoms with Crippen LogP contribution in [0.2, 0.25) is 0 Å². The molecule has 2 aromatic rings. The summed E-state index contributed by atoms with van der Waals surface area (Å²) in [5.41, 5.74) is 1.85. The number of rotatable bonds is 3. The predicted molar refractivity (Wildman–Crippen MR) is 94.0 cm³/mol. The number of piperidine rings is 1. The highest BCUT2D eigenvalue weighted by Crippen LogP contribution is 2.17. The molecule has 0 bridgehead atoms. The van der Waals surface area contributed by atoms with Gasteiger partial charge in [-0.2, -0.15) is 0 Å². The molecule has 0 atom stereocenters. The molecule has 1 saturated heterocycles. The first-order valence-corrected chi connectivity index (χ1v) is 8.74. The Balaban J connectivity index is 1.53. The number of hydrogen-bond donors (Lipinski definition) is 1. The van der Waals surface area contributed by atoms with Crippen LogP contribution in [0.15, 0.2) is 45.5 Å². The molecule has 1 fully saturated rings. The summed E-state index contributed by atoms with van der Waals surface area (Å²) in [5.74, 6) is 0.124. The van der Waals surface area contributed by atoms with Gasteiger partial charge >= 0.3 is 0 Å². The Hall–Kier alpha value is -2.08. The number of benzene rings is 1. The van der Waals surface area contributed by atoms with E-state index in [-0.39, 0.29) is 17.9 Å². The third kappa shape index (κ3) is 3.87. The van der Waals surface area contributed by atoms with E-state index in [9.17, 15) is 9.59 Å². The van der Waals surface area contributed by atoms with Gasteiger partial charge in [0, 0.05) is 24.7 Å². The summed E-state index contributed by atoms with van der Waals surface area (Å²) < 4.78 is 5.79. The Morgan fingerprint density at radius 2 is 1.79 bits per heavy atom. The second-order valence-electron chi connectivity index (χ2n) is 6.01. The Labute approximate surface area is 149 Å². The minimum atomic E-state index is -0.219. The fourth-order valence-corrected chi connectivity index (χ4v) is 3.11. The van der Waals surface area contributed by atoms with E-state index < -0.39 is 0 Å². The zero-order chi connectivity index (χ0) is 17.1. The third-order valence-electron chi connectivity index (χ3n) is 4.21. The average Bonchev–Trinajstić information content (AvgIpc) is 3.02. The van der Waals surface area contributed by atoms with E-state index in [1.54, 1.807) is 12.1 Å². The number of hydrogen-bond acceptors (Lipinski definition) is 3. The molecule has 3 rings (SSSR count). The molecule has 0 unspecified atom stereocenters. The van der Waals surface area contributed by atoms with Crippen LogP contribution >= 0.6 is 15.9 Å². The van der Waals surface area contributed by atoms with E-state index in [1.807, 2.05) is 36.1 Å². The fourth-order valence-electron chi connectivity index (χ4n) is 2.80. The Morgan fingerprint density at radius 3 is 2.38 bits per heavy atom. The van der Waals surface area contributed by atoms with Crippen LogP contribution in [0.25, 0.3) is 0 Å². The number of carbonyl (C=O) groups is 2. The lowest BCUT2D eigenvalue weighted by Gasteiger charge is -2.32. The molecule has 1 aliphatic heterocycles. The van der Waals surface area contributed by atoms with Gasteiger partial charge in [0.05, 0.1) is 0 Å². The molecular formula is C18H19BrN2O3. The molecule has 0 radical (unpaired) electrons. The predicted octanol–water partition coefficient (Wildman–Crippen LogP) is 3.39. The van der Waals surface area contributed by atoms with Gasteiger partial charge in [0.15, 0.2) is 10.4 Å². The van der Waals surface area contributed by atoms with E-state index in [1.165, 1.54) is 0 Å². The van der Waals surface area contributed by atoms with Crippen LogP contribution in [0.4, 0.5) is 0 Å². The fraction of sp³-hybridized carbons (Fsp3) is 0.333. The second-order valence-corrected chi connectivity index (χ2v) is 6.79. The van der Waals surface area contributed by atoms with Crippen molar-refractivity contribution in [1.82, 2.24) is 10.2 Å². The molecule has 5 nitrogen and oxygen atoms in total. The first kappa shape index (κ1) is 16.8. The number of aryl methyl sites for hydroxylation is 1. The standard InChI is InChI=1S/C18H19BrN2O3/c1-12-2-4-13(5-3-12)18(23)21-10-8-14(9-11-21)20-17(22)15-6-7-16(19)24-15/h2-7,14H,8-11H2,1H3,(H,20,22). The Kier molecular flexibility index (Phi) is 5.04. The minimum Gasteiger partial charge on any atom is -0.444 e. The van der Waals surface area contributed by atoms with E-state index in [0.717, 1.165) is 18.4 Å². The van der Waals surface area contributed by atoms with Crippen molar-refractivity contribution in [1.29, 1.82) is 0 Å². The van der Waals surface area contributed by atoms with E-state index in [4.69, 9.17) is 4.42 Å². The topological polar surface area (TPSA) is 62.6 Å². The van der Waals surface area contributed by atoms with Gasteiger partial charge in [-0.05, 0) is 60.0 Å². The summed E-state index contributed by atoms with van der Waals surface area (Å²) >= 11 is 3.19. The molecular weight excluding hydrogens is 372 g/mol. The molecule has 6 heteroatoms. The highest BCUT2D eigenvalue weighted by molar-refractivity contribution is 9.10. The average molecular weight is 391 g/mol. The first-order valence-electron chi connectivity index (χ1n) is 7.95. The number of amides is 2. The number of halogens is 1. The second kappa shape index (κ2) is 7.21. The summed E-state index contributed by atoms with van der Waals surface area (Å²) in [4.78, 5) is 26.4. The van der Waals surface area contributed by atoms with Crippen molar-refractivity contribution in [3.63, 3.8) is 0 Å². The van der Waals surface area contributed by atoms with Gasteiger partial charge < -0.3 is 14.6 Å². The summed E-state index contributed by atoms with van der Waals surface area (Å²) in [5, 5.41) is 2.96. The zero-order valence-corrected chi connectivity index (χ0v) is 15.0. The number of nitrogens with zero attached hydrogens (tertiary/aromatic N) is 1. The maximum atomic E-state index is 12.5. The smallest absolute Gasteiger partial charge is 0.287 e. The monoisotopic (exact) mass is 390 g/mol. The van der Waals surface area contributed by atoms with Gasteiger partial charge in [0.25, 0.3) is 11.8 Å². The largest absolute Gasteiger partial charge is 0.444 e. The van der Waals surface area contributed by atoms with Crippen LogP contribution < -0.4 is 5.32 Å². The molecule has 1 aromatic heterocycles. The van der Waals surface area contributed by atoms with Crippen LogP contribution in [0.1, 0.15) is 39.3 Å². The van der Waals surface area contributed by atoms with Crippen LogP contribution in [0, 0.1) is 6.92 Å². The van der Waals surface area contributed by atoms with E-state index >= 15 is 0 Å². The molecule has 126 valence electrons. The van der Waals surface area contributed by atoms with Gasteiger partial charge in [0.1, 0.15) is 0 Å². The number of furan rings is 1. The van der Waals surface area contributed by atoms with Gasteiger partial charge in [-0.25, -0.2) is 0 Å². The molecule has 0 saturated carbocycles. The SMILES string of the molecule is Cc1ccc(C(=O)N2CCC(NC(=O)c3ccc(Br)o3)CC2)cc1. The molecule has 2 heterocycles. The van der Waals surface area contributed by atoms with Gasteiger partial charge in [-0.3, -0.25) is 9.59 Å². The number of carbonyl (C=O) groups excluding carboxylic acids is 2. The number of likely N-dealkylation sites (tertiary alicyclic amines) is 1. The lowest BCUT2D eigenvalue weighted by Crippen LogP contribution is -2.46. The summed E-state index contributed by atoms with van der Waals surface area (Å²) in [6.07, 6.45) is 1.48. The Bertz CT molecular complexity index is 731. The minimum absolute atomic E-state index is 0.0507. The molecule has 0 aliphatic carbocycles. The van der Waals surface area contributed by atoms with Crippen LogP contribution in [-0.4, -0.2) is 35.8 Å². The van der Waals surface area contributed by atoms with Crippen molar-refractivity contribution < 1.29 is 14.0 Å². The maximum Gasteiger partial charge on any atom is 0.287 e. The zero-order valence-electron chi connectivity index (χ0n) is 13.4. The quantitative estimate of drug-likeness (QED) is 0.873. The molecule has 1 N–H and O–H groups in total. The molecule has 2 amide bonds. The normalized spacial score (nSPS) is 15.3. The Morgan fingerprint density at radius 1 is 1.12 bits per heavy atom. The highest BCUT2D eigenvalue weighted by Gasteiger charge is 2.25. The summed E-state index contributed by atoms with van der Waals surface area (Å²) in [6, 6.07) is 11.0. The van der Waals surface area contributed by atoms with Gasteiger partial charge in [0.2, 0.25) is 0 Å². The van der Waals surface area contributed by atoms with Crippen molar-refractivity contribution in [3.8, 4) is 0 Å². The van der Waals surface area contributed by atoms with Crippen LogP contribution in [0.3, 0.4) is 0 Å². The molecule has 1 aliphatic rings. The van der Waals surface area contributed by atoms with Crippen LogP contribution in [-0.2, 0) is 0 Å². The summed E-state index contributed by atoms with van der Waals surface area (Å²) in [6.45, 7) is 3.28. The van der Waals surface area contributed by atoms with Crippen molar-refractivity contribution in [2.24, 2.45) is 0 Å². The summed E-state index contributed by atoms with van der Waals surface area (Å²) in [7, 11) is 0. The first-order chi connectivity index (χ1) is 11.5. The van der Waals surface area contributed by atoms with Crippen molar-refractivity contribution >= 4 is 27.7 Å². The van der Waals surface area contributed by atoms with Crippen molar-refractivity contribution in [3.05, 3.63) is 58.0 Å². The lowest BCUT2D eigenvalue weighted by molar-refractivity contribution is 0.0695. The van der Waals surface area contributed by atoms with Crippen molar-refractivity contribution in [2.75, 3.05) is 13.1 Å². The van der Waals surface area contributed by atoms with Crippen LogP contribution in [0.5, 0.6) is 0 Å². The van der Waals surface area contributed by atoms with Crippen molar-refractivity contribution in [2.45, 2.75) is 25.8 Å². The van der Waals surface area contributed by atoms with E-state index in [0.29, 0.717) is 29.1 Å². The maximum absolute atomic E-state index is 12.5. The highest BCUT2D eigenvalue weighted by atomic mass is 79.9. The molecule has 0 spiro atoms.